The van der Waals surface area contributed by atoms with Crippen LogP contribution in [-0.2, 0) is 0 Å². The number of piperidine rings is 1. The van der Waals surface area contributed by atoms with Crippen LogP contribution in [0.2, 0.25) is 0 Å². The van der Waals surface area contributed by atoms with Crippen LogP contribution in [0.4, 0.5) is 5.69 Å². The third kappa shape index (κ3) is 3.60. The molecular formula is C23H27N5S2. The molecule has 3 aromatic heterocycles. The second kappa shape index (κ2) is 8.23. The van der Waals surface area contributed by atoms with E-state index < -0.39 is 0 Å². The highest BCUT2D eigenvalue weighted by atomic mass is 32.1. The molecule has 2 atom stereocenters. The number of fused-ring (bicyclic) bond motifs is 2. The molecule has 0 bridgehead atoms. The summed E-state index contributed by atoms with van der Waals surface area (Å²) in [6, 6.07) is 11.0. The molecule has 7 heteroatoms. The maximum atomic E-state index is 5.95. The van der Waals surface area contributed by atoms with Crippen molar-refractivity contribution in [2.45, 2.75) is 38.1 Å². The van der Waals surface area contributed by atoms with Crippen LogP contribution in [0.25, 0.3) is 31.0 Å². The molecule has 1 saturated heterocycles. The molecule has 30 heavy (non-hydrogen) atoms. The number of benzene rings is 1. The Morgan fingerprint density at radius 2 is 2.10 bits per heavy atom. The highest BCUT2D eigenvalue weighted by Gasteiger charge is 2.30. The van der Waals surface area contributed by atoms with E-state index in [0.29, 0.717) is 12.0 Å². The summed E-state index contributed by atoms with van der Waals surface area (Å²) in [5.74, 6) is 0.554. The number of pyridine rings is 1. The largest absolute Gasteiger partial charge is 0.399 e. The van der Waals surface area contributed by atoms with Crippen molar-refractivity contribution in [2.75, 3.05) is 25.4 Å². The van der Waals surface area contributed by atoms with Gasteiger partial charge in [0.25, 0.3) is 0 Å². The van der Waals surface area contributed by atoms with Gasteiger partial charge in [0.1, 0.15) is 9.84 Å². The molecule has 156 valence electrons. The van der Waals surface area contributed by atoms with Crippen LogP contribution in [0.15, 0.2) is 36.5 Å². The number of thiazole rings is 1. The second-order valence-corrected chi connectivity index (χ2v) is 10.2. The van der Waals surface area contributed by atoms with E-state index in [1.165, 1.54) is 35.2 Å². The van der Waals surface area contributed by atoms with Gasteiger partial charge in [0.2, 0.25) is 0 Å². The van der Waals surface area contributed by atoms with Gasteiger partial charge in [0.15, 0.2) is 0 Å². The van der Waals surface area contributed by atoms with Crippen LogP contribution in [0, 0.1) is 0 Å². The SMILES string of the molecule is CC1C(c2cc3c(-c4nc5cc(N)ccc5s4)ccnc3s2)CCCN1CCCN. The zero-order valence-electron chi connectivity index (χ0n) is 17.2. The van der Waals surface area contributed by atoms with Gasteiger partial charge in [0.05, 0.1) is 10.2 Å². The fourth-order valence-electron chi connectivity index (χ4n) is 4.59. The Morgan fingerprint density at radius 1 is 1.20 bits per heavy atom. The van der Waals surface area contributed by atoms with Crippen LogP contribution >= 0.6 is 22.7 Å². The normalized spacial score (nSPS) is 20.3. The molecule has 1 aromatic carbocycles. The van der Waals surface area contributed by atoms with E-state index in [9.17, 15) is 0 Å². The average molecular weight is 438 g/mol. The van der Waals surface area contributed by atoms with Crippen molar-refractivity contribution in [3.8, 4) is 10.6 Å². The van der Waals surface area contributed by atoms with Crippen LogP contribution in [0.5, 0.6) is 0 Å². The first kappa shape index (κ1) is 19.9. The molecule has 5 rings (SSSR count). The highest BCUT2D eigenvalue weighted by molar-refractivity contribution is 7.22. The van der Waals surface area contributed by atoms with E-state index in [4.69, 9.17) is 16.5 Å². The smallest absolute Gasteiger partial charge is 0.125 e. The summed E-state index contributed by atoms with van der Waals surface area (Å²) in [6.45, 7) is 5.41. The minimum Gasteiger partial charge on any atom is -0.399 e. The van der Waals surface area contributed by atoms with Crippen molar-refractivity contribution in [1.29, 1.82) is 0 Å². The fraction of sp³-hybridized carbons (Fsp3) is 0.391. The Kier molecular flexibility index (Phi) is 5.45. The quantitative estimate of drug-likeness (QED) is 0.426. The van der Waals surface area contributed by atoms with Gasteiger partial charge in [-0.05, 0) is 76.2 Å². The van der Waals surface area contributed by atoms with Gasteiger partial charge in [0, 0.05) is 39.7 Å². The van der Waals surface area contributed by atoms with Crippen LogP contribution < -0.4 is 11.5 Å². The molecule has 1 fully saturated rings. The lowest BCUT2D eigenvalue weighted by atomic mass is 9.88. The van der Waals surface area contributed by atoms with Crippen LogP contribution in [0.3, 0.4) is 0 Å². The average Bonchev–Trinajstić information content (AvgIpc) is 3.36. The maximum absolute atomic E-state index is 5.95. The lowest BCUT2D eigenvalue weighted by Gasteiger charge is -2.39. The predicted octanol–water partition coefficient (Wildman–Crippen LogP) is 5.07. The van der Waals surface area contributed by atoms with Gasteiger partial charge in [-0.1, -0.05) is 0 Å². The Labute approximate surface area is 184 Å². The zero-order chi connectivity index (χ0) is 20.7. The summed E-state index contributed by atoms with van der Waals surface area (Å²) < 4.78 is 1.16. The molecular weight excluding hydrogens is 410 g/mol. The molecule has 4 heterocycles. The monoisotopic (exact) mass is 437 g/mol. The van der Waals surface area contributed by atoms with Gasteiger partial charge in [-0.15, -0.1) is 22.7 Å². The number of thiophene rings is 1. The first-order valence-corrected chi connectivity index (χ1v) is 12.3. The number of nitrogens with two attached hydrogens (primary N) is 2. The third-order valence-electron chi connectivity index (χ3n) is 6.23. The van der Waals surface area contributed by atoms with E-state index >= 15 is 0 Å². The molecule has 0 spiro atoms. The second-order valence-electron chi connectivity index (χ2n) is 8.14. The fourth-order valence-corrected chi connectivity index (χ4v) is 6.83. The molecule has 5 nitrogen and oxygen atoms in total. The number of hydrogen-bond acceptors (Lipinski definition) is 7. The van der Waals surface area contributed by atoms with Crippen molar-refractivity contribution < 1.29 is 0 Å². The maximum Gasteiger partial charge on any atom is 0.125 e. The summed E-state index contributed by atoms with van der Waals surface area (Å²) >= 11 is 3.56. The summed E-state index contributed by atoms with van der Waals surface area (Å²) in [6.07, 6.45) is 5.46. The predicted molar refractivity (Wildman–Crippen MR) is 129 cm³/mol. The Bertz CT molecular complexity index is 1180. The molecule has 0 saturated carbocycles. The van der Waals surface area contributed by atoms with Gasteiger partial charge < -0.3 is 11.5 Å². The van der Waals surface area contributed by atoms with Crippen molar-refractivity contribution in [1.82, 2.24) is 14.9 Å². The zero-order valence-corrected chi connectivity index (χ0v) is 18.8. The van der Waals surface area contributed by atoms with Gasteiger partial charge in [-0.2, -0.15) is 0 Å². The highest BCUT2D eigenvalue weighted by Crippen LogP contribution is 2.42. The van der Waals surface area contributed by atoms with E-state index in [2.05, 4.69) is 35.0 Å². The van der Waals surface area contributed by atoms with Gasteiger partial charge >= 0.3 is 0 Å². The number of hydrogen-bond donors (Lipinski definition) is 2. The Hall–Kier alpha value is -2.06. The first-order chi connectivity index (χ1) is 14.6. The molecule has 1 aliphatic rings. The lowest BCUT2D eigenvalue weighted by molar-refractivity contribution is 0.139. The van der Waals surface area contributed by atoms with Gasteiger partial charge in [-0.25, -0.2) is 9.97 Å². The lowest BCUT2D eigenvalue weighted by Crippen LogP contribution is -2.42. The number of anilines is 1. The number of rotatable bonds is 5. The Morgan fingerprint density at radius 3 is 2.97 bits per heavy atom. The number of likely N-dealkylation sites (tertiary alicyclic amines) is 1. The third-order valence-corrected chi connectivity index (χ3v) is 8.48. The van der Waals surface area contributed by atoms with E-state index in [-0.39, 0.29) is 0 Å². The molecule has 0 amide bonds. The van der Waals surface area contributed by atoms with Crippen molar-refractivity contribution in [3.05, 3.63) is 41.4 Å². The van der Waals surface area contributed by atoms with Crippen molar-refractivity contribution in [3.63, 3.8) is 0 Å². The van der Waals surface area contributed by atoms with E-state index in [1.54, 1.807) is 11.3 Å². The molecule has 1 aliphatic heterocycles. The topological polar surface area (TPSA) is 81.1 Å². The summed E-state index contributed by atoms with van der Waals surface area (Å²) in [5.41, 5.74) is 14.6. The van der Waals surface area contributed by atoms with Crippen molar-refractivity contribution in [2.24, 2.45) is 5.73 Å². The molecule has 0 radical (unpaired) electrons. The van der Waals surface area contributed by atoms with Crippen LogP contribution in [0.1, 0.15) is 37.0 Å². The number of aromatic nitrogens is 2. The number of nitrogens with zero attached hydrogens (tertiary/aromatic N) is 3. The molecule has 4 N–H and O–H groups in total. The van der Waals surface area contributed by atoms with E-state index in [0.717, 1.165) is 45.3 Å². The van der Waals surface area contributed by atoms with Gasteiger partial charge in [-0.3, -0.25) is 4.90 Å². The first-order valence-electron chi connectivity index (χ1n) is 10.6. The summed E-state index contributed by atoms with van der Waals surface area (Å²) in [7, 11) is 0. The minimum absolute atomic E-state index is 0.534. The standard InChI is InChI=1S/C23H27N5S2/c1-14-16(4-2-10-28(14)11-3-8-24)21-13-18-17(7-9-26-22(18)30-21)23-27-19-12-15(25)5-6-20(19)29-23/h5-7,9,12-14,16H,2-4,8,10-11,24-25H2,1H3. The Balaban J connectivity index is 1.52. The molecule has 0 aliphatic carbocycles. The number of nitrogen functional groups attached to an aromatic ring is 1. The molecule has 2 unspecified atom stereocenters. The summed E-state index contributed by atoms with van der Waals surface area (Å²) in [4.78, 5) is 14.7. The van der Waals surface area contributed by atoms with E-state index in [1.807, 2.05) is 29.7 Å². The molecule has 4 aromatic rings. The summed E-state index contributed by atoms with van der Waals surface area (Å²) in [5, 5.41) is 2.25. The van der Waals surface area contributed by atoms with Crippen LogP contribution in [-0.4, -0.2) is 40.5 Å². The minimum atomic E-state index is 0.534. The van der Waals surface area contributed by atoms with Crippen molar-refractivity contribution >= 4 is 48.8 Å².